The van der Waals surface area contributed by atoms with Crippen LogP contribution >= 0.6 is 22.9 Å². The Kier molecular flexibility index (Phi) is 4.61. The van der Waals surface area contributed by atoms with Crippen LogP contribution in [0.2, 0.25) is 5.02 Å². The van der Waals surface area contributed by atoms with Crippen molar-refractivity contribution in [2.45, 2.75) is 25.7 Å². The fourth-order valence-electron chi connectivity index (χ4n) is 1.97. The van der Waals surface area contributed by atoms with E-state index in [4.69, 9.17) is 11.6 Å². The average Bonchev–Trinajstić information content (AvgIpc) is 2.85. The Bertz CT molecular complexity index is 560. The van der Waals surface area contributed by atoms with E-state index in [1.165, 1.54) is 4.88 Å². The summed E-state index contributed by atoms with van der Waals surface area (Å²) in [5.41, 5.74) is 0.795. The smallest absolute Gasteiger partial charge is 0.311 e. The Labute approximate surface area is 121 Å². The number of hydrogen-bond donors (Lipinski definition) is 1. The molecule has 0 saturated carbocycles. The second-order valence-electron chi connectivity index (χ2n) is 4.37. The van der Waals surface area contributed by atoms with Gasteiger partial charge in [-0.3, -0.25) is 4.79 Å². The second-order valence-corrected chi connectivity index (χ2v) is 6.06. The molecule has 2 nitrogen and oxygen atoms in total. The highest BCUT2D eigenvalue weighted by Crippen LogP contribution is 2.27. The van der Waals surface area contributed by atoms with E-state index in [1.54, 1.807) is 35.6 Å². The summed E-state index contributed by atoms with van der Waals surface area (Å²) in [6, 6.07) is 11.1. The molecule has 100 valence electrons. The molecule has 2 aromatic rings. The third-order valence-electron chi connectivity index (χ3n) is 3.04. The number of hydrogen-bond acceptors (Lipinski definition) is 2. The van der Waals surface area contributed by atoms with Gasteiger partial charge in [-0.2, -0.15) is 0 Å². The fourth-order valence-corrected chi connectivity index (χ4v) is 3.10. The largest absolute Gasteiger partial charge is 0.481 e. The molecule has 0 bridgehead atoms. The molecule has 0 radical (unpaired) electrons. The van der Waals surface area contributed by atoms with Gasteiger partial charge >= 0.3 is 5.97 Å². The van der Waals surface area contributed by atoms with Crippen LogP contribution in [0.5, 0.6) is 0 Å². The van der Waals surface area contributed by atoms with Crippen LogP contribution in [0.15, 0.2) is 36.4 Å². The number of halogens is 1. The maximum atomic E-state index is 11.4. The molecule has 0 aliphatic carbocycles. The molecule has 1 aromatic heterocycles. The van der Waals surface area contributed by atoms with Gasteiger partial charge in [-0.05, 0) is 42.7 Å². The Hall–Kier alpha value is -1.32. The number of rotatable bonds is 5. The molecular formula is C15H15ClO2S. The lowest BCUT2D eigenvalue weighted by Gasteiger charge is -2.11. The number of benzene rings is 1. The number of carboxylic acid groups (broad SMARTS) is 1. The van der Waals surface area contributed by atoms with Crippen LogP contribution in [0, 0.1) is 0 Å². The maximum Gasteiger partial charge on any atom is 0.311 e. The predicted octanol–water partition coefficient (Wildman–Crippen LogP) is 4.37. The summed E-state index contributed by atoms with van der Waals surface area (Å²) in [5.74, 6) is -1.31. The van der Waals surface area contributed by atoms with Gasteiger partial charge in [0.2, 0.25) is 0 Å². The van der Waals surface area contributed by atoms with Crippen molar-refractivity contribution >= 4 is 28.9 Å². The van der Waals surface area contributed by atoms with Crippen LogP contribution < -0.4 is 0 Å². The quantitative estimate of drug-likeness (QED) is 0.889. The third kappa shape index (κ3) is 3.58. The van der Waals surface area contributed by atoms with Gasteiger partial charge in [0.05, 0.1) is 5.92 Å². The number of carbonyl (C=O) groups is 1. The SMILES string of the molecule is CCc1ccc(CC(C(=O)O)c2ccc(Cl)cc2)s1. The van der Waals surface area contributed by atoms with E-state index in [2.05, 4.69) is 13.0 Å². The summed E-state index contributed by atoms with van der Waals surface area (Å²) in [6.07, 6.45) is 1.52. The first-order chi connectivity index (χ1) is 9.10. The molecule has 0 aliphatic heterocycles. The summed E-state index contributed by atoms with van der Waals surface area (Å²) in [7, 11) is 0. The van der Waals surface area contributed by atoms with Gasteiger partial charge in [-0.15, -0.1) is 11.3 Å². The Morgan fingerprint density at radius 2 is 1.84 bits per heavy atom. The highest BCUT2D eigenvalue weighted by molar-refractivity contribution is 7.12. The first-order valence-electron chi connectivity index (χ1n) is 6.16. The standard InChI is InChI=1S/C15H15ClO2S/c1-2-12-7-8-13(19-12)9-14(15(17)18)10-3-5-11(16)6-4-10/h3-8,14H,2,9H2,1H3,(H,17,18). The topological polar surface area (TPSA) is 37.3 Å². The Balaban J connectivity index is 2.21. The Morgan fingerprint density at radius 1 is 1.21 bits per heavy atom. The van der Waals surface area contributed by atoms with Crippen LogP contribution in [0.3, 0.4) is 0 Å². The van der Waals surface area contributed by atoms with Crippen molar-refractivity contribution in [1.29, 1.82) is 0 Å². The minimum atomic E-state index is -0.797. The van der Waals surface area contributed by atoms with Gasteiger partial charge in [0.15, 0.2) is 0 Å². The molecule has 0 spiro atoms. The summed E-state index contributed by atoms with van der Waals surface area (Å²) >= 11 is 7.52. The van der Waals surface area contributed by atoms with E-state index in [9.17, 15) is 9.90 Å². The van der Waals surface area contributed by atoms with E-state index in [0.29, 0.717) is 11.4 Å². The summed E-state index contributed by atoms with van der Waals surface area (Å²) in [4.78, 5) is 13.8. The molecule has 1 aromatic carbocycles. The molecule has 0 aliphatic rings. The highest BCUT2D eigenvalue weighted by Gasteiger charge is 2.21. The molecule has 19 heavy (non-hydrogen) atoms. The van der Waals surface area contributed by atoms with Crippen molar-refractivity contribution in [2.75, 3.05) is 0 Å². The molecule has 0 fully saturated rings. The van der Waals surface area contributed by atoms with Crippen LogP contribution in [-0.4, -0.2) is 11.1 Å². The van der Waals surface area contributed by atoms with Gasteiger partial charge < -0.3 is 5.11 Å². The summed E-state index contributed by atoms with van der Waals surface area (Å²) < 4.78 is 0. The molecule has 2 rings (SSSR count). The summed E-state index contributed by atoms with van der Waals surface area (Å²) in [5, 5.41) is 10.0. The van der Waals surface area contributed by atoms with Crippen LogP contribution in [-0.2, 0) is 17.6 Å². The van der Waals surface area contributed by atoms with Crippen molar-refractivity contribution in [1.82, 2.24) is 0 Å². The van der Waals surface area contributed by atoms with E-state index in [-0.39, 0.29) is 0 Å². The highest BCUT2D eigenvalue weighted by atomic mass is 35.5. The Morgan fingerprint density at radius 3 is 2.37 bits per heavy atom. The van der Waals surface area contributed by atoms with Crippen molar-refractivity contribution in [3.8, 4) is 0 Å². The average molecular weight is 295 g/mol. The lowest BCUT2D eigenvalue weighted by molar-refractivity contribution is -0.138. The second kappa shape index (κ2) is 6.22. The molecule has 1 N–H and O–H groups in total. The van der Waals surface area contributed by atoms with Crippen molar-refractivity contribution in [3.63, 3.8) is 0 Å². The molecule has 1 atom stereocenters. The van der Waals surface area contributed by atoms with Crippen LogP contribution in [0.4, 0.5) is 0 Å². The van der Waals surface area contributed by atoms with Gasteiger partial charge in [-0.25, -0.2) is 0 Å². The van der Waals surface area contributed by atoms with Crippen molar-refractivity contribution < 1.29 is 9.90 Å². The first-order valence-corrected chi connectivity index (χ1v) is 7.35. The lowest BCUT2D eigenvalue weighted by atomic mass is 9.95. The van der Waals surface area contributed by atoms with E-state index in [0.717, 1.165) is 16.9 Å². The minimum absolute atomic E-state index is 0.513. The van der Waals surface area contributed by atoms with E-state index < -0.39 is 11.9 Å². The molecule has 1 unspecified atom stereocenters. The monoisotopic (exact) mass is 294 g/mol. The van der Waals surface area contributed by atoms with E-state index in [1.807, 2.05) is 6.07 Å². The number of thiophene rings is 1. The van der Waals surface area contributed by atoms with Crippen LogP contribution in [0.25, 0.3) is 0 Å². The zero-order chi connectivity index (χ0) is 13.8. The number of aryl methyl sites for hydroxylation is 1. The molecular weight excluding hydrogens is 280 g/mol. The van der Waals surface area contributed by atoms with Gasteiger partial charge in [0.1, 0.15) is 0 Å². The fraction of sp³-hybridized carbons (Fsp3) is 0.267. The normalized spacial score (nSPS) is 12.3. The number of carboxylic acids is 1. The summed E-state index contributed by atoms with van der Waals surface area (Å²) in [6.45, 7) is 2.10. The molecule has 1 heterocycles. The third-order valence-corrected chi connectivity index (χ3v) is 4.55. The lowest BCUT2D eigenvalue weighted by Crippen LogP contribution is -2.13. The molecule has 4 heteroatoms. The van der Waals surface area contributed by atoms with Gasteiger partial charge in [0.25, 0.3) is 0 Å². The minimum Gasteiger partial charge on any atom is -0.481 e. The predicted molar refractivity (Wildman–Crippen MR) is 79.2 cm³/mol. The maximum absolute atomic E-state index is 11.4. The first kappa shape index (κ1) is 14.1. The molecule has 0 saturated heterocycles. The van der Waals surface area contributed by atoms with Crippen molar-refractivity contribution in [3.05, 3.63) is 56.7 Å². The van der Waals surface area contributed by atoms with Gasteiger partial charge in [0, 0.05) is 14.8 Å². The zero-order valence-electron chi connectivity index (χ0n) is 10.6. The zero-order valence-corrected chi connectivity index (χ0v) is 12.2. The molecule has 0 amide bonds. The van der Waals surface area contributed by atoms with Crippen LogP contribution in [0.1, 0.15) is 28.2 Å². The van der Waals surface area contributed by atoms with E-state index >= 15 is 0 Å². The van der Waals surface area contributed by atoms with Gasteiger partial charge in [-0.1, -0.05) is 30.7 Å². The van der Waals surface area contributed by atoms with Crippen molar-refractivity contribution in [2.24, 2.45) is 0 Å². The number of aliphatic carboxylic acids is 1.